The van der Waals surface area contributed by atoms with Gasteiger partial charge in [-0.15, -0.1) is 0 Å². The number of aromatic nitrogens is 2. The normalized spacial score (nSPS) is 21.1. The largest absolute Gasteiger partial charge is 0.381 e. The van der Waals surface area contributed by atoms with Crippen LogP contribution in [-0.2, 0) is 24.1 Å². The van der Waals surface area contributed by atoms with Crippen molar-refractivity contribution >= 4 is 17.2 Å². The SMILES string of the molecule is Cc1nc2c(c(NCc3ccsc3)n1)CCN(C[C@@H]1CCOC1)CC2. The minimum absolute atomic E-state index is 0.699. The van der Waals surface area contributed by atoms with E-state index in [1.54, 1.807) is 11.3 Å². The lowest BCUT2D eigenvalue weighted by Crippen LogP contribution is -2.32. The third kappa shape index (κ3) is 4.19. The average molecular weight is 359 g/mol. The number of hydrogen-bond donors (Lipinski definition) is 1. The molecule has 0 bridgehead atoms. The van der Waals surface area contributed by atoms with Crippen LogP contribution < -0.4 is 5.32 Å². The third-order valence-electron chi connectivity index (χ3n) is 5.13. The van der Waals surface area contributed by atoms with E-state index in [-0.39, 0.29) is 0 Å². The molecule has 0 aliphatic carbocycles. The maximum atomic E-state index is 5.54. The number of nitrogens with zero attached hydrogens (tertiary/aromatic N) is 3. The van der Waals surface area contributed by atoms with Gasteiger partial charge in [0.1, 0.15) is 11.6 Å². The van der Waals surface area contributed by atoms with Gasteiger partial charge in [0, 0.05) is 44.8 Å². The number of hydrogen-bond acceptors (Lipinski definition) is 6. The van der Waals surface area contributed by atoms with Crippen LogP contribution in [0.3, 0.4) is 0 Å². The second-order valence-corrected chi connectivity index (χ2v) is 7.84. The molecule has 1 atom stereocenters. The van der Waals surface area contributed by atoms with Crippen molar-refractivity contribution in [2.75, 3.05) is 38.2 Å². The fraction of sp³-hybridized carbons (Fsp3) is 0.579. The van der Waals surface area contributed by atoms with E-state index in [9.17, 15) is 0 Å². The highest BCUT2D eigenvalue weighted by Gasteiger charge is 2.23. The van der Waals surface area contributed by atoms with Crippen LogP contribution in [0.4, 0.5) is 5.82 Å². The van der Waals surface area contributed by atoms with Gasteiger partial charge in [0.15, 0.2) is 0 Å². The molecule has 134 valence electrons. The van der Waals surface area contributed by atoms with Crippen LogP contribution in [0.25, 0.3) is 0 Å². The monoisotopic (exact) mass is 358 g/mol. The number of fused-ring (bicyclic) bond motifs is 1. The Morgan fingerprint density at radius 2 is 2.24 bits per heavy atom. The van der Waals surface area contributed by atoms with Crippen LogP contribution >= 0.6 is 11.3 Å². The predicted molar refractivity (Wildman–Crippen MR) is 101 cm³/mol. The molecule has 25 heavy (non-hydrogen) atoms. The summed E-state index contributed by atoms with van der Waals surface area (Å²) in [4.78, 5) is 12.0. The van der Waals surface area contributed by atoms with Crippen molar-refractivity contribution in [3.8, 4) is 0 Å². The molecule has 2 aromatic rings. The van der Waals surface area contributed by atoms with Crippen molar-refractivity contribution in [1.29, 1.82) is 0 Å². The Hall–Kier alpha value is -1.50. The molecule has 1 N–H and O–H groups in total. The summed E-state index contributed by atoms with van der Waals surface area (Å²) < 4.78 is 5.54. The van der Waals surface area contributed by atoms with Gasteiger partial charge in [-0.3, -0.25) is 0 Å². The van der Waals surface area contributed by atoms with Gasteiger partial charge in [0.25, 0.3) is 0 Å². The standard InChI is InChI=1S/C19H26N4OS/c1-14-21-18-3-7-23(11-16-4-8-24-12-16)6-2-17(18)19(22-14)20-10-15-5-9-25-13-15/h5,9,13,16H,2-4,6-8,10-12H2,1H3,(H,20,21,22)/t16-/m0/s1. The van der Waals surface area contributed by atoms with Gasteiger partial charge in [0.2, 0.25) is 0 Å². The van der Waals surface area contributed by atoms with E-state index in [4.69, 9.17) is 14.7 Å². The Morgan fingerprint density at radius 3 is 3.04 bits per heavy atom. The minimum atomic E-state index is 0.699. The molecule has 1 saturated heterocycles. The second kappa shape index (κ2) is 7.81. The molecule has 0 amide bonds. The smallest absolute Gasteiger partial charge is 0.133 e. The summed E-state index contributed by atoms with van der Waals surface area (Å²) in [6.07, 6.45) is 3.24. The summed E-state index contributed by atoms with van der Waals surface area (Å²) in [5.74, 6) is 2.59. The summed E-state index contributed by atoms with van der Waals surface area (Å²) in [6, 6.07) is 2.16. The molecule has 6 heteroatoms. The quantitative estimate of drug-likeness (QED) is 0.891. The van der Waals surface area contributed by atoms with E-state index in [2.05, 4.69) is 27.0 Å². The molecule has 4 heterocycles. The van der Waals surface area contributed by atoms with Crippen molar-refractivity contribution in [3.63, 3.8) is 0 Å². The zero-order valence-electron chi connectivity index (χ0n) is 14.8. The summed E-state index contributed by atoms with van der Waals surface area (Å²) in [6.45, 7) is 8.00. The zero-order valence-corrected chi connectivity index (χ0v) is 15.6. The van der Waals surface area contributed by atoms with Crippen LogP contribution in [0.2, 0.25) is 0 Å². The van der Waals surface area contributed by atoms with Crippen LogP contribution in [-0.4, -0.2) is 47.7 Å². The molecule has 2 aromatic heterocycles. The van der Waals surface area contributed by atoms with Gasteiger partial charge in [-0.2, -0.15) is 11.3 Å². The maximum absolute atomic E-state index is 5.54. The van der Waals surface area contributed by atoms with Crippen LogP contribution in [0.5, 0.6) is 0 Å². The molecule has 5 nitrogen and oxygen atoms in total. The molecule has 0 spiro atoms. The highest BCUT2D eigenvalue weighted by atomic mass is 32.1. The Morgan fingerprint density at radius 1 is 1.32 bits per heavy atom. The maximum Gasteiger partial charge on any atom is 0.133 e. The van der Waals surface area contributed by atoms with E-state index in [0.29, 0.717) is 5.92 Å². The van der Waals surface area contributed by atoms with Crippen LogP contribution in [0.1, 0.15) is 29.1 Å². The first kappa shape index (κ1) is 16.9. The molecule has 2 aliphatic heterocycles. The first-order chi connectivity index (χ1) is 12.3. The number of rotatable bonds is 5. The first-order valence-electron chi connectivity index (χ1n) is 9.19. The van der Waals surface area contributed by atoms with Gasteiger partial charge in [-0.1, -0.05) is 0 Å². The highest BCUT2D eigenvalue weighted by Crippen LogP contribution is 2.24. The van der Waals surface area contributed by atoms with E-state index in [1.807, 2.05) is 6.92 Å². The van der Waals surface area contributed by atoms with Crippen molar-refractivity contribution in [1.82, 2.24) is 14.9 Å². The molecular weight excluding hydrogens is 332 g/mol. The Bertz CT molecular complexity index is 698. The molecule has 0 saturated carbocycles. The summed E-state index contributed by atoms with van der Waals surface area (Å²) >= 11 is 1.74. The molecule has 0 unspecified atom stereocenters. The lowest BCUT2D eigenvalue weighted by atomic mass is 10.1. The summed E-state index contributed by atoms with van der Waals surface area (Å²) in [7, 11) is 0. The fourth-order valence-corrected chi connectivity index (χ4v) is 4.44. The highest BCUT2D eigenvalue weighted by molar-refractivity contribution is 7.07. The average Bonchev–Trinajstić information content (AvgIpc) is 3.26. The van der Waals surface area contributed by atoms with Crippen LogP contribution in [0.15, 0.2) is 16.8 Å². The lowest BCUT2D eigenvalue weighted by Gasteiger charge is -2.22. The number of ether oxygens (including phenoxy) is 1. The first-order valence-corrected chi connectivity index (χ1v) is 10.1. The van der Waals surface area contributed by atoms with Crippen molar-refractivity contribution in [3.05, 3.63) is 39.5 Å². The van der Waals surface area contributed by atoms with Crippen LogP contribution in [0, 0.1) is 12.8 Å². The van der Waals surface area contributed by atoms with E-state index in [1.165, 1.54) is 23.2 Å². The van der Waals surface area contributed by atoms with E-state index in [0.717, 1.165) is 63.9 Å². The van der Waals surface area contributed by atoms with E-state index < -0.39 is 0 Å². The molecule has 4 rings (SSSR count). The fourth-order valence-electron chi connectivity index (χ4n) is 3.77. The molecular formula is C19H26N4OS. The van der Waals surface area contributed by atoms with Gasteiger partial charge < -0.3 is 15.0 Å². The lowest BCUT2D eigenvalue weighted by molar-refractivity contribution is 0.168. The second-order valence-electron chi connectivity index (χ2n) is 7.06. The van der Waals surface area contributed by atoms with Crippen molar-refractivity contribution < 1.29 is 4.74 Å². The molecule has 1 fully saturated rings. The number of aryl methyl sites for hydroxylation is 1. The summed E-state index contributed by atoms with van der Waals surface area (Å²) in [5, 5.41) is 7.85. The predicted octanol–water partition coefficient (Wildman–Crippen LogP) is 2.90. The van der Waals surface area contributed by atoms with Gasteiger partial charge in [-0.25, -0.2) is 9.97 Å². The number of nitrogens with one attached hydrogen (secondary N) is 1. The molecule has 0 radical (unpaired) electrons. The van der Waals surface area contributed by atoms with Gasteiger partial charge >= 0.3 is 0 Å². The third-order valence-corrected chi connectivity index (χ3v) is 5.86. The Balaban J connectivity index is 1.46. The Kier molecular flexibility index (Phi) is 5.29. The number of anilines is 1. The molecule has 0 aromatic carbocycles. The minimum Gasteiger partial charge on any atom is -0.381 e. The molecule has 2 aliphatic rings. The van der Waals surface area contributed by atoms with Crippen molar-refractivity contribution in [2.45, 2.75) is 32.7 Å². The number of thiophene rings is 1. The topological polar surface area (TPSA) is 50.3 Å². The van der Waals surface area contributed by atoms with Gasteiger partial charge in [-0.05, 0) is 48.1 Å². The van der Waals surface area contributed by atoms with Gasteiger partial charge in [0.05, 0.1) is 12.3 Å². The van der Waals surface area contributed by atoms with Crippen molar-refractivity contribution in [2.24, 2.45) is 5.92 Å². The zero-order chi connectivity index (χ0) is 17.1. The van der Waals surface area contributed by atoms with E-state index >= 15 is 0 Å². The summed E-state index contributed by atoms with van der Waals surface area (Å²) in [5.41, 5.74) is 3.85. The Labute approximate surface area is 153 Å².